The quantitative estimate of drug-likeness (QED) is 0.482. The number of nitrogens with zero attached hydrogens (tertiary/aromatic N) is 3. The van der Waals surface area contributed by atoms with Gasteiger partial charge in [-0.25, -0.2) is 8.42 Å². The number of hydrogen-bond acceptors (Lipinski definition) is 8. The van der Waals surface area contributed by atoms with E-state index in [2.05, 4.69) is 15.5 Å². The number of amides is 1. The molecule has 27 heavy (non-hydrogen) atoms. The molecule has 0 saturated carbocycles. The smallest absolute Gasteiger partial charge is 0.250 e. The summed E-state index contributed by atoms with van der Waals surface area (Å²) in [5, 5.41) is 10.9. The molecule has 0 spiro atoms. The van der Waals surface area contributed by atoms with Crippen LogP contribution >= 0.6 is 23.1 Å². The first-order valence-corrected chi connectivity index (χ1v) is 11.9. The van der Waals surface area contributed by atoms with Gasteiger partial charge >= 0.3 is 0 Å². The fourth-order valence-corrected chi connectivity index (χ4v) is 5.29. The van der Waals surface area contributed by atoms with Gasteiger partial charge in [-0.2, -0.15) is 0 Å². The Morgan fingerprint density at radius 1 is 1.37 bits per heavy atom. The normalized spacial score (nSPS) is 12.4. The van der Waals surface area contributed by atoms with Crippen LogP contribution < -0.4 is 14.4 Å². The Kier molecular flexibility index (Phi) is 7.45. The van der Waals surface area contributed by atoms with E-state index in [0.717, 1.165) is 20.7 Å². The van der Waals surface area contributed by atoms with Gasteiger partial charge in [-0.3, -0.25) is 14.4 Å². The van der Waals surface area contributed by atoms with Crippen LogP contribution in [0.3, 0.4) is 0 Å². The zero-order valence-corrected chi connectivity index (χ0v) is 17.9. The van der Waals surface area contributed by atoms with Crippen LogP contribution in [0.1, 0.15) is 20.3 Å². The van der Waals surface area contributed by atoms with Crippen LogP contribution in [0.2, 0.25) is 0 Å². The van der Waals surface area contributed by atoms with Crippen LogP contribution in [-0.2, 0) is 14.8 Å². The van der Waals surface area contributed by atoms with Gasteiger partial charge in [0.25, 0.3) is 0 Å². The summed E-state index contributed by atoms with van der Waals surface area (Å²) in [4.78, 5) is 12.8. The molecule has 11 heteroatoms. The van der Waals surface area contributed by atoms with Crippen molar-refractivity contribution in [3.8, 4) is 5.75 Å². The SMILES string of the molecule is CCSc1nnc(NC(=O)[C@H](CC)N(c2cccc(OC)c2)S(C)(=O)=O)s1. The lowest BCUT2D eigenvalue weighted by atomic mass is 10.2. The predicted octanol–water partition coefficient (Wildman–Crippen LogP) is 2.84. The third kappa shape index (κ3) is 5.56. The van der Waals surface area contributed by atoms with Gasteiger partial charge in [0.1, 0.15) is 11.8 Å². The van der Waals surface area contributed by atoms with Gasteiger partial charge in [-0.1, -0.05) is 43.0 Å². The lowest BCUT2D eigenvalue weighted by Gasteiger charge is -2.29. The molecule has 0 fully saturated rings. The molecule has 0 bridgehead atoms. The van der Waals surface area contributed by atoms with Gasteiger partial charge in [0.15, 0.2) is 4.34 Å². The average molecular weight is 431 g/mol. The number of benzene rings is 1. The first kappa shape index (κ1) is 21.5. The molecule has 2 aromatic rings. The molecule has 2 rings (SSSR count). The maximum atomic E-state index is 12.8. The summed E-state index contributed by atoms with van der Waals surface area (Å²) in [5.41, 5.74) is 0.360. The Hall–Kier alpha value is -1.85. The number of carbonyl (C=O) groups excluding carboxylic acids is 1. The summed E-state index contributed by atoms with van der Waals surface area (Å²) < 4.78 is 31.9. The summed E-state index contributed by atoms with van der Waals surface area (Å²) in [5.74, 6) is 0.884. The van der Waals surface area contributed by atoms with Crippen molar-refractivity contribution in [2.75, 3.05) is 28.7 Å². The Labute approximate surface area is 167 Å². The van der Waals surface area contributed by atoms with Crippen LogP contribution in [0, 0.1) is 0 Å². The van der Waals surface area contributed by atoms with E-state index in [1.807, 2.05) is 6.92 Å². The van der Waals surface area contributed by atoms with Gasteiger partial charge in [-0.05, 0) is 24.3 Å². The zero-order valence-electron chi connectivity index (χ0n) is 15.5. The van der Waals surface area contributed by atoms with E-state index < -0.39 is 22.0 Å². The van der Waals surface area contributed by atoms with E-state index >= 15 is 0 Å². The second-order valence-corrected chi connectivity index (χ2v) is 9.83. The molecule has 148 valence electrons. The van der Waals surface area contributed by atoms with E-state index in [0.29, 0.717) is 16.6 Å². The Morgan fingerprint density at radius 3 is 2.70 bits per heavy atom. The number of thioether (sulfide) groups is 1. The third-order valence-corrected chi connectivity index (χ3v) is 6.58. The summed E-state index contributed by atoms with van der Waals surface area (Å²) >= 11 is 2.78. The molecule has 0 radical (unpaired) electrons. The molecule has 1 N–H and O–H groups in total. The second kappa shape index (κ2) is 9.38. The van der Waals surface area contributed by atoms with E-state index in [1.165, 1.54) is 30.2 Å². The lowest BCUT2D eigenvalue weighted by molar-refractivity contribution is -0.117. The van der Waals surface area contributed by atoms with Crippen LogP contribution in [0.15, 0.2) is 28.6 Å². The molecule has 1 heterocycles. The summed E-state index contributed by atoms with van der Waals surface area (Å²) in [6, 6.07) is 5.66. The van der Waals surface area contributed by atoms with Gasteiger partial charge < -0.3 is 4.74 Å². The second-order valence-electron chi connectivity index (χ2n) is 5.48. The highest BCUT2D eigenvalue weighted by Crippen LogP contribution is 2.28. The van der Waals surface area contributed by atoms with Crippen molar-refractivity contribution in [3.05, 3.63) is 24.3 Å². The third-order valence-electron chi connectivity index (χ3n) is 3.54. The zero-order chi connectivity index (χ0) is 20.0. The van der Waals surface area contributed by atoms with Crippen LogP contribution in [0.5, 0.6) is 5.75 Å². The van der Waals surface area contributed by atoms with Crippen molar-refractivity contribution in [2.24, 2.45) is 0 Å². The monoisotopic (exact) mass is 430 g/mol. The number of hydrogen-bond donors (Lipinski definition) is 1. The van der Waals surface area contributed by atoms with Crippen molar-refractivity contribution in [1.82, 2.24) is 10.2 Å². The van der Waals surface area contributed by atoms with Crippen molar-refractivity contribution in [3.63, 3.8) is 0 Å². The van der Waals surface area contributed by atoms with Crippen molar-refractivity contribution < 1.29 is 17.9 Å². The Balaban J connectivity index is 2.32. The Morgan fingerprint density at radius 2 is 2.11 bits per heavy atom. The van der Waals surface area contributed by atoms with Crippen LogP contribution in [0.4, 0.5) is 10.8 Å². The number of methoxy groups -OCH3 is 1. The topological polar surface area (TPSA) is 101 Å². The first-order valence-electron chi connectivity index (χ1n) is 8.20. The minimum Gasteiger partial charge on any atom is -0.497 e. The number of ether oxygens (including phenoxy) is 1. The maximum absolute atomic E-state index is 12.8. The molecule has 0 aliphatic carbocycles. The molecule has 0 saturated heterocycles. The number of anilines is 2. The van der Waals surface area contributed by atoms with E-state index in [1.54, 1.807) is 31.2 Å². The minimum atomic E-state index is -3.71. The highest BCUT2D eigenvalue weighted by Gasteiger charge is 2.32. The highest BCUT2D eigenvalue weighted by atomic mass is 32.2. The number of nitrogens with one attached hydrogen (secondary N) is 1. The molecule has 1 atom stereocenters. The van der Waals surface area contributed by atoms with Gasteiger partial charge in [-0.15, -0.1) is 10.2 Å². The number of sulfonamides is 1. The maximum Gasteiger partial charge on any atom is 0.250 e. The molecule has 0 aliphatic rings. The van der Waals surface area contributed by atoms with Gasteiger partial charge in [0.2, 0.25) is 21.1 Å². The number of aromatic nitrogens is 2. The lowest BCUT2D eigenvalue weighted by Crippen LogP contribution is -2.47. The van der Waals surface area contributed by atoms with Crippen LogP contribution in [-0.4, -0.2) is 49.7 Å². The molecule has 0 unspecified atom stereocenters. The highest BCUT2D eigenvalue weighted by molar-refractivity contribution is 8.01. The van der Waals surface area contributed by atoms with Crippen LogP contribution in [0.25, 0.3) is 0 Å². The molecule has 8 nitrogen and oxygen atoms in total. The standard InChI is InChI=1S/C16H22N4O4S3/c1-5-13(14(21)17-15-18-19-16(26-15)25-6-2)20(27(4,22)23)11-8-7-9-12(10-11)24-3/h7-10,13H,5-6H2,1-4H3,(H,17,18,21)/t13-/m0/s1. The molecule has 0 aliphatic heterocycles. The van der Waals surface area contributed by atoms with Gasteiger partial charge in [0, 0.05) is 6.07 Å². The first-order chi connectivity index (χ1) is 12.8. The van der Waals surface area contributed by atoms with Gasteiger partial charge in [0.05, 0.1) is 19.1 Å². The summed E-state index contributed by atoms with van der Waals surface area (Å²) in [7, 11) is -2.22. The van der Waals surface area contributed by atoms with E-state index in [-0.39, 0.29) is 6.42 Å². The molecule has 1 aromatic carbocycles. The van der Waals surface area contributed by atoms with Crippen molar-refractivity contribution in [1.29, 1.82) is 0 Å². The predicted molar refractivity (Wildman–Crippen MR) is 109 cm³/mol. The summed E-state index contributed by atoms with van der Waals surface area (Å²) in [6.07, 6.45) is 1.36. The summed E-state index contributed by atoms with van der Waals surface area (Å²) in [6.45, 7) is 3.75. The number of carbonyl (C=O) groups is 1. The fourth-order valence-electron chi connectivity index (χ4n) is 2.44. The Bertz CT molecular complexity index is 885. The molecular weight excluding hydrogens is 408 g/mol. The minimum absolute atomic E-state index is 0.283. The largest absolute Gasteiger partial charge is 0.497 e. The molecular formula is C16H22N4O4S3. The molecule has 1 amide bonds. The molecule has 1 aromatic heterocycles. The number of rotatable bonds is 9. The van der Waals surface area contributed by atoms with E-state index in [4.69, 9.17) is 4.74 Å². The van der Waals surface area contributed by atoms with E-state index in [9.17, 15) is 13.2 Å². The van der Waals surface area contributed by atoms with Crippen molar-refractivity contribution >= 4 is 49.8 Å². The fraction of sp³-hybridized carbons (Fsp3) is 0.438. The average Bonchev–Trinajstić information content (AvgIpc) is 3.05. The van der Waals surface area contributed by atoms with Crippen molar-refractivity contribution in [2.45, 2.75) is 30.6 Å².